The molecule has 0 aromatic carbocycles. The lowest BCUT2D eigenvalue weighted by atomic mass is 10.4. The molecule has 0 atom stereocenters. The van der Waals surface area contributed by atoms with Crippen molar-refractivity contribution in [3.05, 3.63) is 31.6 Å². The van der Waals surface area contributed by atoms with Crippen LogP contribution in [-0.2, 0) is 6.54 Å². The molecule has 7 heteroatoms. The zero-order chi connectivity index (χ0) is 14.5. The van der Waals surface area contributed by atoms with Crippen LogP contribution in [0.3, 0.4) is 0 Å². The summed E-state index contributed by atoms with van der Waals surface area (Å²) in [5.74, 6) is 1.74. The first-order valence-corrected chi connectivity index (χ1v) is 8.76. The summed E-state index contributed by atoms with van der Waals surface area (Å²) in [6.07, 6.45) is 2.66. The molecule has 0 aliphatic carbocycles. The molecule has 0 saturated carbocycles. The molecule has 0 saturated heterocycles. The molecule has 0 fully saturated rings. The summed E-state index contributed by atoms with van der Waals surface area (Å²) in [6, 6.07) is 2.13. The molecular formula is C13H16Br2N4S. The maximum Gasteiger partial charge on any atom is 0.148 e. The Morgan fingerprint density at radius 2 is 2.15 bits per heavy atom. The number of nitrogens with one attached hydrogen (secondary N) is 1. The van der Waals surface area contributed by atoms with Crippen molar-refractivity contribution in [3.8, 4) is 0 Å². The molecule has 2 heterocycles. The predicted molar refractivity (Wildman–Crippen MR) is 92.6 cm³/mol. The number of rotatable bonds is 6. The van der Waals surface area contributed by atoms with Crippen molar-refractivity contribution in [1.82, 2.24) is 9.97 Å². The fourth-order valence-electron chi connectivity index (χ4n) is 1.74. The lowest BCUT2D eigenvalue weighted by Gasteiger charge is -2.19. The SMILES string of the molecule is CCCNc1ncnc(N(C)Cc2cc(Br)cs2)c1Br. The maximum absolute atomic E-state index is 4.37. The van der Waals surface area contributed by atoms with Crippen LogP contribution in [-0.4, -0.2) is 23.6 Å². The Morgan fingerprint density at radius 3 is 2.80 bits per heavy atom. The molecule has 0 radical (unpaired) electrons. The Morgan fingerprint density at radius 1 is 1.35 bits per heavy atom. The number of anilines is 2. The Labute approximate surface area is 139 Å². The van der Waals surface area contributed by atoms with Crippen molar-refractivity contribution >= 4 is 54.8 Å². The molecule has 0 bridgehead atoms. The Kier molecular flexibility index (Phi) is 5.80. The van der Waals surface area contributed by atoms with Crippen molar-refractivity contribution in [1.29, 1.82) is 0 Å². The second kappa shape index (κ2) is 7.38. The standard InChI is InChI=1S/C13H16Br2N4S/c1-3-4-16-12-11(15)13(18-8-17-12)19(2)6-10-5-9(14)7-20-10/h5,7-8H,3-4,6H2,1-2H3,(H,16,17,18). The highest BCUT2D eigenvalue weighted by Crippen LogP contribution is 2.30. The Bertz CT molecular complexity index is 573. The molecule has 2 rings (SSSR count). The highest BCUT2D eigenvalue weighted by molar-refractivity contribution is 9.11. The summed E-state index contributed by atoms with van der Waals surface area (Å²) in [7, 11) is 2.03. The van der Waals surface area contributed by atoms with E-state index in [4.69, 9.17) is 0 Å². The van der Waals surface area contributed by atoms with Gasteiger partial charge in [0.05, 0.1) is 6.54 Å². The first-order valence-electron chi connectivity index (χ1n) is 6.30. The lowest BCUT2D eigenvalue weighted by Crippen LogP contribution is -2.18. The van der Waals surface area contributed by atoms with E-state index in [0.717, 1.165) is 40.1 Å². The van der Waals surface area contributed by atoms with E-state index in [2.05, 4.69) is 70.4 Å². The molecule has 0 aliphatic rings. The fraction of sp³-hybridized carbons (Fsp3) is 0.385. The molecule has 2 aromatic heterocycles. The quantitative estimate of drug-likeness (QED) is 0.747. The van der Waals surface area contributed by atoms with Crippen molar-refractivity contribution < 1.29 is 0 Å². The van der Waals surface area contributed by atoms with E-state index in [1.807, 2.05) is 7.05 Å². The number of nitrogens with zero attached hydrogens (tertiary/aromatic N) is 3. The van der Waals surface area contributed by atoms with Crippen LogP contribution in [0.1, 0.15) is 18.2 Å². The van der Waals surface area contributed by atoms with E-state index in [-0.39, 0.29) is 0 Å². The van der Waals surface area contributed by atoms with Crippen LogP contribution >= 0.6 is 43.2 Å². The van der Waals surface area contributed by atoms with E-state index < -0.39 is 0 Å². The highest BCUT2D eigenvalue weighted by Gasteiger charge is 2.13. The van der Waals surface area contributed by atoms with Gasteiger partial charge in [-0.3, -0.25) is 0 Å². The maximum atomic E-state index is 4.37. The van der Waals surface area contributed by atoms with Gasteiger partial charge in [0, 0.05) is 28.3 Å². The summed E-state index contributed by atoms with van der Waals surface area (Å²) in [5.41, 5.74) is 0. The van der Waals surface area contributed by atoms with Gasteiger partial charge in [0.2, 0.25) is 0 Å². The third kappa shape index (κ3) is 3.93. The van der Waals surface area contributed by atoms with Crippen LogP contribution in [0.2, 0.25) is 0 Å². The molecule has 0 spiro atoms. The molecule has 1 N–H and O–H groups in total. The second-order valence-electron chi connectivity index (χ2n) is 4.37. The molecule has 0 amide bonds. The monoisotopic (exact) mass is 418 g/mol. The van der Waals surface area contributed by atoms with Gasteiger partial charge >= 0.3 is 0 Å². The highest BCUT2D eigenvalue weighted by atomic mass is 79.9. The Hall–Kier alpha value is -0.660. The van der Waals surface area contributed by atoms with Gasteiger partial charge in [-0.25, -0.2) is 9.97 Å². The van der Waals surface area contributed by atoms with Crippen LogP contribution in [0.15, 0.2) is 26.7 Å². The van der Waals surface area contributed by atoms with E-state index in [0.29, 0.717) is 0 Å². The van der Waals surface area contributed by atoms with Gasteiger partial charge in [-0.05, 0) is 44.3 Å². The largest absolute Gasteiger partial charge is 0.369 e. The minimum atomic E-state index is 0.819. The first kappa shape index (κ1) is 15.7. The van der Waals surface area contributed by atoms with Gasteiger partial charge in [-0.2, -0.15) is 0 Å². The number of hydrogen-bond acceptors (Lipinski definition) is 5. The van der Waals surface area contributed by atoms with Crippen LogP contribution in [0.5, 0.6) is 0 Å². The minimum Gasteiger partial charge on any atom is -0.369 e. The van der Waals surface area contributed by atoms with Crippen molar-refractivity contribution in [3.63, 3.8) is 0 Å². The lowest BCUT2D eigenvalue weighted by molar-refractivity contribution is 0.894. The topological polar surface area (TPSA) is 41.1 Å². The zero-order valence-corrected chi connectivity index (χ0v) is 15.3. The minimum absolute atomic E-state index is 0.819. The fourth-order valence-corrected chi connectivity index (χ4v) is 3.89. The summed E-state index contributed by atoms with van der Waals surface area (Å²) in [4.78, 5) is 12.0. The van der Waals surface area contributed by atoms with Crippen LogP contribution in [0, 0.1) is 0 Å². The van der Waals surface area contributed by atoms with Crippen molar-refractivity contribution in [2.75, 3.05) is 23.8 Å². The van der Waals surface area contributed by atoms with Gasteiger partial charge in [-0.1, -0.05) is 6.92 Å². The first-order chi connectivity index (χ1) is 9.61. The third-order valence-electron chi connectivity index (χ3n) is 2.69. The summed E-state index contributed by atoms with van der Waals surface area (Å²) in [5, 5.41) is 5.39. The normalized spacial score (nSPS) is 10.6. The van der Waals surface area contributed by atoms with Gasteiger partial charge in [-0.15, -0.1) is 11.3 Å². The van der Waals surface area contributed by atoms with Gasteiger partial charge < -0.3 is 10.2 Å². The summed E-state index contributed by atoms with van der Waals surface area (Å²) >= 11 is 8.81. The average Bonchev–Trinajstić information content (AvgIpc) is 2.83. The second-order valence-corrected chi connectivity index (χ2v) is 7.08. The molecule has 20 heavy (non-hydrogen) atoms. The van der Waals surface area contributed by atoms with Crippen molar-refractivity contribution in [2.24, 2.45) is 0 Å². The number of thiophene rings is 1. The summed E-state index contributed by atoms with van der Waals surface area (Å²) in [6.45, 7) is 3.85. The van der Waals surface area contributed by atoms with E-state index >= 15 is 0 Å². The smallest absolute Gasteiger partial charge is 0.148 e. The van der Waals surface area contributed by atoms with Crippen LogP contribution in [0.4, 0.5) is 11.6 Å². The predicted octanol–water partition coefficient (Wildman–Crippen LogP) is 4.52. The number of hydrogen-bond donors (Lipinski definition) is 1. The molecule has 4 nitrogen and oxygen atoms in total. The molecule has 0 aliphatic heterocycles. The van der Waals surface area contributed by atoms with Gasteiger partial charge in [0.25, 0.3) is 0 Å². The number of aromatic nitrogens is 2. The summed E-state index contributed by atoms with van der Waals surface area (Å²) < 4.78 is 2.03. The van der Waals surface area contributed by atoms with Crippen LogP contribution in [0.25, 0.3) is 0 Å². The molecule has 108 valence electrons. The van der Waals surface area contributed by atoms with E-state index in [9.17, 15) is 0 Å². The van der Waals surface area contributed by atoms with Gasteiger partial charge in [0.1, 0.15) is 22.4 Å². The van der Waals surface area contributed by atoms with E-state index in [1.54, 1.807) is 17.7 Å². The van der Waals surface area contributed by atoms with E-state index in [1.165, 1.54) is 4.88 Å². The Balaban J connectivity index is 2.14. The zero-order valence-electron chi connectivity index (χ0n) is 11.4. The third-order valence-corrected chi connectivity index (χ3v) is 5.10. The van der Waals surface area contributed by atoms with Crippen LogP contribution < -0.4 is 10.2 Å². The van der Waals surface area contributed by atoms with Crippen molar-refractivity contribution in [2.45, 2.75) is 19.9 Å². The number of halogens is 2. The average molecular weight is 420 g/mol. The van der Waals surface area contributed by atoms with Gasteiger partial charge in [0.15, 0.2) is 0 Å². The molecular weight excluding hydrogens is 404 g/mol. The molecule has 2 aromatic rings. The molecule has 0 unspecified atom stereocenters.